The molecular formula is C13H17NO3. The summed E-state index contributed by atoms with van der Waals surface area (Å²) in [5.41, 5.74) is 1.16. The van der Waals surface area contributed by atoms with Crippen molar-refractivity contribution < 1.29 is 14.2 Å². The molecule has 1 unspecified atom stereocenters. The molecule has 1 aromatic rings. The molecule has 0 aromatic heterocycles. The van der Waals surface area contributed by atoms with E-state index in [0.29, 0.717) is 19.3 Å². The molecule has 1 N–H and O–H groups in total. The number of hydrogen-bond donors (Lipinski definition) is 1. The Hall–Kier alpha value is -1.42. The van der Waals surface area contributed by atoms with Crippen molar-refractivity contribution in [2.24, 2.45) is 0 Å². The fraction of sp³-hybridized carbons (Fsp3) is 0.538. The zero-order valence-electron chi connectivity index (χ0n) is 9.99. The van der Waals surface area contributed by atoms with Crippen molar-refractivity contribution in [2.45, 2.75) is 18.9 Å². The van der Waals surface area contributed by atoms with E-state index in [1.807, 2.05) is 6.07 Å². The Kier molecular flexibility index (Phi) is 2.81. The second kappa shape index (κ2) is 4.45. The predicted octanol–water partition coefficient (Wildman–Crippen LogP) is 1.89. The fourth-order valence-corrected chi connectivity index (χ4v) is 2.48. The van der Waals surface area contributed by atoms with Crippen LogP contribution in [0.25, 0.3) is 0 Å². The average molecular weight is 235 g/mol. The van der Waals surface area contributed by atoms with Gasteiger partial charge in [-0.2, -0.15) is 0 Å². The zero-order valence-corrected chi connectivity index (χ0v) is 9.99. The van der Waals surface area contributed by atoms with Crippen molar-refractivity contribution in [1.82, 2.24) is 5.32 Å². The molecule has 2 heterocycles. The lowest BCUT2D eigenvalue weighted by atomic mass is 10.0. The van der Waals surface area contributed by atoms with Crippen LogP contribution in [0.4, 0.5) is 0 Å². The van der Waals surface area contributed by atoms with E-state index in [1.165, 1.54) is 6.42 Å². The van der Waals surface area contributed by atoms with Crippen LogP contribution in [0.3, 0.4) is 0 Å². The molecule has 4 nitrogen and oxygen atoms in total. The van der Waals surface area contributed by atoms with Gasteiger partial charge in [-0.05, 0) is 25.5 Å². The van der Waals surface area contributed by atoms with E-state index in [9.17, 15) is 0 Å². The lowest BCUT2D eigenvalue weighted by Crippen LogP contribution is -2.20. The summed E-state index contributed by atoms with van der Waals surface area (Å²) in [5.74, 6) is 2.52. The molecule has 0 aliphatic carbocycles. The van der Waals surface area contributed by atoms with Crippen LogP contribution in [-0.4, -0.2) is 26.9 Å². The summed E-state index contributed by atoms with van der Waals surface area (Å²) in [6.07, 6.45) is 2.35. The normalized spacial score (nSPS) is 22.5. The van der Waals surface area contributed by atoms with Crippen LogP contribution in [0.15, 0.2) is 12.1 Å². The van der Waals surface area contributed by atoms with Crippen molar-refractivity contribution in [3.8, 4) is 17.2 Å². The first-order chi connectivity index (χ1) is 8.38. The van der Waals surface area contributed by atoms with Crippen molar-refractivity contribution in [1.29, 1.82) is 0 Å². The van der Waals surface area contributed by atoms with Gasteiger partial charge in [0.05, 0.1) is 7.11 Å². The Morgan fingerprint density at radius 2 is 2.18 bits per heavy atom. The largest absolute Gasteiger partial charge is 0.497 e. The molecule has 2 aliphatic heterocycles. The van der Waals surface area contributed by atoms with E-state index in [4.69, 9.17) is 14.2 Å². The quantitative estimate of drug-likeness (QED) is 0.849. The Balaban J connectivity index is 2.04. The van der Waals surface area contributed by atoms with Crippen LogP contribution in [0.2, 0.25) is 0 Å². The summed E-state index contributed by atoms with van der Waals surface area (Å²) in [4.78, 5) is 0. The maximum atomic E-state index is 5.75. The second-order valence-electron chi connectivity index (χ2n) is 4.39. The number of methoxy groups -OCH3 is 1. The number of rotatable bonds is 2. The van der Waals surface area contributed by atoms with Gasteiger partial charge in [0.1, 0.15) is 19.0 Å². The fourth-order valence-electron chi connectivity index (χ4n) is 2.48. The highest BCUT2D eigenvalue weighted by Crippen LogP contribution is 2.42. The third-order valence-corrected chi connectivity index (χ3v) is 3.32. The van der Waals surface area contributed by atoms with Gasteiger partial charge in [0, 0.05) is 17.7 Å². The molecule has 0 spiro atoms. The number of nitrogens with one attached hydrogen (secondary N) is 1. The van der Waals surface area contributed by atoms with E-state index in [1.54, 1.807) is 7.11 Å². The highest BCUT2D eigenvalue weighted by atomic mass is 16.6. The van der Waals surface area contributed by atoms with Gasteiger partial charge in [-0.25, -0.2) is 0 Å². The number of benzene rings is 1. The Morgan fingerprint density at radius 1 is 1.29 bits per heavy atom. The van der Waals surface area contributed by atoms with Gasteiger partial charge in [-0.3, -0.25) is 0 Å². The third-order valence-electron chi connectivity index (χ3n) is 3.32. The molecule has 1 saturated heterocycles. The van der Waals surface area contributed by atoms with Gasteiger partial charge >= 0.3 is 0 Å². The topological polar surface area (TPSA) is 39.7 Å². The molecule has 0 saturated carbocycles. The summed E-state index contributed by atoms with van der Waals surface area (Å²) < 4.78 is 16.7. The Bertz CT molecular complexity index is 413. The summed E-state index contributed by atoms with van der Waals surface area (Å²) in [7, 11) is 1.68. The van der Waals surface area contributed by atoms with Gasteiger partial charge in [-0.1, -0.05) is 0 Å². The van der Waals surface area contributed by atoms with Crippen molar-refractivity contribution in [2.75, 3.05) is 26.9 Å². The van der Waals surface area contributed by atoms with Crippen molar-refractivity contribution in [3.63, 3.8) is 0 Å². The van der Waals surface area contributed by atoms with E-state index in [0.717, 1.165) is 35.8 Å². The van der Waals surface area contributed by atoms with E-state index >= 15 is 0 Å². The summed E-state index contributed by atoms with van der Waals surface area (Å²) in [6.45, 7) is 2.30. The molecule has 2 aliphatic rings. The van der Waals surface area contributed by atoms with E-state index in [2.05, 4.69) is 11.4 Å². The maximum Gasteiger partial charge on any atom is 0.166 e. The van der Waals surface area contributed by atoms with Gasteiger partial charge < -0.3 is 19.5 Å². The summed E-state index contributed by atoms with van der Waals surface area (Å²) in [5, 5.41) is 3.48. The number of ether oxygens (including phenoxy) is 3. The molecule has 0 radical (unpaired) electrons. The Morgan fingerprint density at radius 3 is 2.94 bits per heavy atom. The third kappa shape index (κ3) is 1.93. The number of fused-ring (bicyclic) bond motifs is 1. The van der Waals surface area contributed by atoms with Crippen molar-refractivity contribution >= 4 is 0 Å². The molecule has 0 amide bonds. The average Bonchev–Trinajstić information content (AvgIpc) is 2.91. The maximum absolute atomic E-state index is 5.75. The highest BCUT2D eigenvalue weighted by Gasteiger charge is 2.25. The molecule has 0 bridgehead atoms. The van der Waals surface area contributed by atoms with E-state index in [-0.39, 0.29) is 0 Å². The van der Waals surface area contributed by atoms with E-state index < -0.39 is 0 Å². The minimum absolute atomic E-state index is 0.362. The zero-order chi connectivity index (χ0) is 11.7. The Labute approximate surface area is 101 Å². The monoisotopic (exact) mass is 235 g/mol. The molecule has 3 rings (SSSR count). The minimum Gasteiger partial charge on any atom is -0.497 e. The lowest BCUT2D eigenvalue weighted by Gasteiger charge is -2.24. The summed E-state index contributed by atoms with van der Waals surface area (Å²) >= 11 is 0. The van der Waals surface area contributed by atoms with Gasteiger partial charge in [-0.15, -0.1) is 0 Å². The van der Waals surface area contributed by atoms with Crippen molar-refractivity contribution in [3.05, 3.63) is 17.7 Å². The van der Waals surface area contributed by atoms with Gasteiger partial charge in [0.15, 0.2) is 11.5 Å². The van der Waals surface area contributed by atoms with Crippen LogP contribution in [0, 0.1) is 0 Å². The molecule has 1 fully saturated rings. The molecule has 1 aromatic carbocycles. The van der Waals surface area contributed by atoms with Gasteiger partial charge in [0.2, 0.25) is 0 Å². The van der Waals surface area contributed by atoms with Crippen LogP contribution in [0.1, 0.15) is 24.4 Å². The molecule has 17 heavy (non-hydrogen) atoms. The molecule has 4 heteroatoms. The SMILES string of the molecule is COc1cc2c(c(C3CCCN3)c1)OCCO2. The summed E-state index contributed by atoms with van der Waals surface area (Å²) in [6, 6.07) is 4.31. The number of hydrogen-bond acceptors (Lipinski definition) is 4. The predicted molar refractivity (Wildman–Crippen MR) is 64.0 cm³/mol. The standard InChI is InChI=1S/C13H17NO3/c1-15-9-7-10(11-3-2-4-14-11)13-12(8-9)16-5-6-17-13/h7-8,11,14H,2-6H2,1H3. The first-order valence-corrected chi connectivity index (χ1v) is 6.09. The first-order valence-electron chi connectivity index (χ1n) is 6.09. The van der Waals surface area contributed by atoms with Crippen LogP contribution in [0.5, 0.6) is 17.2 Å². The molecule has 1 atom stereocenters. The van der Waals surface area contributed by atoms with Crippen LogP contribution >= 0.6 is 0 Å². The second-order valence-corrected chi connectivity index (χ2v) is 4.39. The first kappa shape index (κ1) is 10.7. The van der Waals surface area contributed by atoms with Gasteiger partial charge in [0.25, 0.3) is 0 Å². The smallest absolute Gasteiger partial charge is 0.166 e. The lowest BCUT2D eigenvalue weighted by molar-refractivity contribution is 0.168. The molecule has 92 valence electrons. The van der Waals surface area contributed by atoms with Crippen LogP contribution in [-0.2, 0) is 0 Å². The highest BCUT2D eigenvalue weighted by molar-refractivity contribution is 5.53. The minimum atomic E-state index is 0.362. The van der Waals surface area contributed by atoms with Crippen LogP contribution < -0.4 is 19.5 Å². The molecular weight excluding hydrogens is 218 g/mol.